The monoisotopic (exact) mass is 273 g/mol. The summed E-state index contributed by atoms with van der Waals surface area (Å²) in [5, 5.41) is 4.34. The summed E-state index contributed by atoms with van der Waals surface area (Å²) in [7, 11) is 0. The van der Waals surface area contributed by atoms with Crippen LogP contribution in [0.4, 0.5) is 0 Å². The van der Waals surface area contributed by atoms with Crippen LogP contribution in [0.15, 0.2) is 42.5 Å². The lowest BCUT2D eigenvalue weighted by atomic mass is 10.00. The van der Waals surface area contributed by atoms with Crippen LogP contribution < -0.4 is 5.32 Å². The van der Waals surface area contributed by atoms with Crippen molar-refractivity contribution in [1.29, 1.82) is 0 Å². The zero-order chi connectivity index (χ0) is 13.8. The lowest BCUT2D eigenvalue weighted by Gasteiger charge is -2.17. The van der Waals surface area contributed by atoms with Gasteiger partial charge in [-0.2, -0.15) is 0 Å². The van der Waals surface area contributed by atoms with E-state index in [1.165, 1.54) is 22.3 Å². The predicted molar refractivity (Wildman–Crippen MR) is 82.6 cm³/mol. The van der Waals surface area contributed by atoms with E-state index in [-0.39, 0.29) is 0 Å². The van der Waals surface area contributed by atoms with Crippen LogP contribution in [0, 0.1) is 13.8 Å². The van der Waals surface area contributed by atoms with Crippen molar-refractivity contribution in [3.63, 3.8) is 0 Å². The molecule has 2 aromatic carbocycles. The molecule has 2 aromatic rings. The van der Waals surface area contributed by atoms with Crippen LogP contribution in [0.3, 0.4) is 0 Å². The summed E-state index contributed by atoms with van der Waals surface area (Å²) in [6.45, 7) is 7.35. The first kappa shape index (κ1) is 14.1. The third-order valence-corrected chi connectivity index (χ3v) is 3.67. The van der Waals surface area contributed by atoms with Gasteiger partial charge in [-0.05, 0) is 49.6 Å². The molecule has 19 heavy (non-hydrogen) atoms. The summed E-state index contributed by atoms with van der Waals surface area (Å²) < 4.78 is 0. The summed E-state index contributed by atoms with van der Waals surface area (Å²) in [4.78, 5) is 0. The summed E-state index contributed by atoms with van der Waals surface area (Å²) in [6, 6.07) is 14.9. The fraction of sp³-hybridized carbons (Fsp3) is 0.294. The van der Waals surface area contributed by atoms with Crippen molar-refractivity contribution in [3.8, 4) is 0 Å². The Hall–Kier alpha value is -1.31. The molecular formula is C17H20ClN. The molecule has 2 rings (SSSR count). The van der Waals surface area contributed by atoms with Crippen LogP contribution in [0.2, 0.25) is 5.02 Å². The molecule has 0 radical (unpaired) electrons. The molecule has 0 heterocycles. The second-order valence-corrected chi connectivity index (χ2v) is 5.53. The SMILES string of the molecule is Cc1ccc(C(C)NCc2ccc(Cl)cc2)c(C)c1. The minimum absolute atomic E-state index is 0.344. The van der Waals surface area contributed by atoms with Gasteiger partial charge < -0.3 is 5.32 Å². The molecule has 1 atom stereocenters. The quantitative estimate of drug-likeness (QED) is 0.843. The number of nitrogens with one attached hydrogen (secondary N) is 1. The van der Waals surface area contributed by atoms with E-state index in [0.29, 0.717) is 6.04 Å². The van der Waals surface area contributed by atoms with Crippen LogP contribution in [-0.4, -0.2) is 0 Å². The van der Waals surface area contributed by atoms with Gasteiger partial charge in [-0.1, -0.05) is 47.5 Å². The average Bonchev–Trinajstić information content (AvgIpc) is 2.37. The van der Waals surface area contributed by atoms with Gasteiger partial charge in [-0.3, -0.25) is 0 Å². The van der Waals surface area contributed by atoms with Gasteiger partial charge in [0.15, 0.2) is 0 Å². The van der Waals surface area contributed by atoms with E-state index in [4.69, 9.17) is 11.6 Å². The van der Waals surface area contributed by atoms with Gasteiger partial charge >= 0.3 is 0 Å². The van der Waals surface area contributed by atoms with E-state index in [2.05, 4.69) is 56.4 Å². The standard InChI is InChI=1S/C17H20ClN/c1-12-4-9-17(13(2)10-12)14(3)19-11-15-5-7-16(18)8-6-15/h4-10,14,19H,11H2,1-3H3. The van der Waals surface area contributed by atoms with Crippen molar-refractivity contribution in [2.45, 2.75) is 33.4 Å². The molecule has 0 saturated heterocycles. The number of halogens is 1. The van der Waals surface area contributed by atoms with Crippen LogP contribution in [0.5, 0.6) is 0 Å². The zero-order valence-electron chi connectivity index (χ0n) is 11.7. The lowest BCUT2D eigenvalue weighted by molar-refractivity contribution is 0.572. The molecule has 0 bridgehead atoms. The van der Waals surface area contributed by atoms with Crippen LogP contribution in [0.1, 0.15) is 35.2 Å². The highest BCUT2D eigenvalue weighted by molar-refractivity contribution is 6.30. The number of benzene rings is 2. The van der Waals surface area contributed by atoms with Gasteiger partial charge in [0.25, 0.3) is 0 Å². The van der Waals surface area contributed by atoms with E-state index < -0.39 is 0 Å². The lowest BCUT2D eigenvalue weighted by Crippen LogP contribution is -2.18. The maximum atomic E-state index is 5.89. The fourth-order valence-electron chi connectivity index (χ4n) is 2.29. The first-order valence-electron chi connectivity index (χ1n) is 6.61. The molecule has 0 aromatic heterocycles. The predicted octanol–water partition coefficient (Wildman–Crippen LogP) is 4.81. The third kappa shape index (κ3) is 3.82. The van der Waals surface area contributed by atoms with Gasteiger partial charge in [0, 0.05) is 17.6 Å². The fourth-order valence-corrected chi connectivity index (χ4v) is 2.42. The number of aryl methyl sites for hydroxylation is 2. The van der Waals surface area contributed by atoms with Crippen molar-refractivity contribution in [1.82, 2.24) is 5.32 Å². The van der Waals surface area contributed by atoms with E-state index in [9.17, 15) is 0 Å². The molecule has 0 aliphatic rings. The Labute approximate surface area is 120 Å². The van der Waals surface area contributed by atoms with Crippen molar-refractivity contribution in [2.75, 3.05) is 0 Å². The minimum atomic E-state index is 0.344. The Morgan fingerprint density at radius 1 is 1.05 bits per heavy atom. The molecular weight excluding hydrogens is 254 g/mol. The topological polar surface area (TPSA) is 12.0 Å². The summed E-state index contributed by atoms with van der Waals surface area (Å²) >= 11 is 5.89. The summed E-state index contributed by atoms with van der Waals surface area (Å²) in [5.41, 5.74) is 5.27. The Kier molecular flexibility index (Phi) is 4.62. The smallest absolute Gasteiger partial charge is 0.0406 e. The Bertz CT molecular complexity index is 546. The largest absolute Gasteiger partial charge is 0.306 e. The molecule has 0 aliphatic carbocycles. The molecule has 2 heteroatoms. The normalized spacial score (nSPS) is 12.4. The van der Waals surface area contributed by atoms with Crippen molar-refractivity contribution < 1.29 is 0 Å². The van der Waals surface area contributed by atoms with Gasteiger partial charge in [0.2, 0.25) is 0 Å². The molecule has 1 unspecified atom stereocenters. The Morgan fingerprint density at radius 2 is 1.74 bits per heavy atom. The molecule has 100 valence electrons. The van der Waals surface area contributed by atoms with Crippen LogP contribution in [0.25, 0.3) is 0 Å². The molecule has 1 N–H and O–H groups in total. The molecule has 0 spiro atoms. The van der Waals surface area contributed by atoms with Gasteiger partial charge in [-0.25, -0.2) is 0 Å². The Balaban J connectivity index is 2.01. The molecule has 0 saturated carbocycles. The second kappa shape index (κ2) is 6.23. The van der Waals surface area contributed by atoms with Crippen molar-refractivity contribution >= 4 is 11.6 Å². The second-order valence-electron chi connectivity index (χ2n) is 5.09. The van der Waals surface area contributed by atoms with E-state index >= 15 is 0 Å². The van der Waals surface area contributed by atoms with Crippen molar-refractivity contribution in [3.05, 3.63) is 69.7 Å². The third-order valence-electron chi connectivity index (χ3n) is 3.42. The van der Waals surface area contributed by atoms with Crippen LogP contribution in [-0.2, 0) is 6.54 Å². The van der Waals surface area contributed by atoms with E-state index in [1.807, 2.05) is 12.1 Å². The highest BCUT2D eigenvalue weighted by Gasteiger charge is 2.07. The minimum Gasteiger partial charge on any atom is -0.306 e. The van der Waals surface area contributed by atoms with Crippen molar-refractivity contribution in [2.24, 2.45) is 0 Å². The van der Waals surface area contributed by atoms with Crippen LogP contribution >= 0.6 is 11.6 Å². The Morgan fingerprint density at radius 3 is 2.37 bits per heavy atom. The molecule has 0 fully saturated rings. The first-order chi connectivity index (χ1) is 9.06. The molecule has 0 amide bonds. The number of hydrogen-bond acceptors (Lipinski definition) is 1. The number of hydrogen-bond donors (Lipinski definition) is 1. The maximum Gasteiger partial charge on any atom is 0.0406 e. The molecule has 1 nitrogen and oxygen atoms in total. The van der Waals surface area contributed by atoms with E-state index in [0.717, 1.165) is 11.6 Å². The highest BCUT2D eigenvalue weighted by Crippen LogP contribution is 2.19. The highest BCUT2D eigenvalue weighted by atomic mass is 35.5. The van der Waals surface area contributed by atoms with E-state index in [1.54, 1.807) is 0 Å². The molecule has 0 aliphatic heterocycles. The summed E-state index contributed by atoms with van der Waals surface area (Å²) in [6.07, 6.45) is 0. The van der Waals surface area contributed by atoms with Gasteiger partial charge in [0.1, 0.15) is 0 Å². The maximum absolute atomic E-state index is 5.89. The first-order valence-corrected chi connectivity index (χ1v) is 6.99. The number of rotatable bonds is 4. The average molecular weight is 274 g/mol. The summed E-state index contributed by atoms with van der Waals surface area (Å²) in [5.74, 6) is 0. The zero-order valence-corrected chi connectivity index (χ0v) is 12.5. The van der Waals surface area contributed by atoms with Gasteiger partial charge in [0.05, 0.1) is 0 Å². The van der Waals surface area contributed by atoms with Gasteiger partial charge in [-0.15, -0.1) is 0 Å².